The number of aryl methyl sites for hydroxylation is 1. The van der Waals surface area contributed by atoms with Gasteiger partial charge in [-0.3, -0.25) is 4.78 Å². The third kappa shape index (κ3) is 4.28. The highest BCUT2D eigenvalue weighted by Gasteiger charge is 2.20. The van der Waals surface area contributed by atoms with Crippen LogP contribution >= 0.6 is 11.6 Å². The minimum Gasteiger partial charge on any atom is -0.494 e. The Kier molecular flexibility index (Phi) is 5.83. The zero-order chi connectivity index (χ0) is 23.9. The minimum absolute atomic E-state index is 0.380. The second-order valence-corrected chi connectivity index (χ2v) is 11.1. The fraction of sp³-hybridized carbons (Fsp3) is 0.250. The van der Waals surface area contributed by atoms with Crippen LogP contribution < -0.4 is 15.0 Å². The first kappa shape index (κ1) is 22.5. The average molecular weight is 497 g/mol. The predicted molar refractivity (Wildman–Crippen MR) is 138 cm³/mol. The van der Waals surface area contributed by atoms with Gasteiger partial charge in [0.25, 0.3) is 0 Å². The SMILES string of the molecule is COc1cc(N2CCS(=N)(=O)CC2)ccc1Nc1ncc(Cl)c(-c2cn(C)c3ccccc23)n1. The molecule has 0 bridgehead atoms. The largest absolute Gasteiger partial charge is 0.494 e. The number of rotatable bonds is 5. The van der Waals surface area contributed by atoms with Gasteiger partial charge in [0.05, 0.1) is 29.7 Å². The number of hydrogen-bond donors (Lipinski definition) is 2. The predicted octanol–water partition coefficient (Wildman–Crippen LogP) is 4.91. The summed E-state index contributed by atoms with van der Waals surface area (Å²) in [5.41, 5.74) is 4.37. The molecule has 1 aliphatic heterocycles. The van der Waals surface area contributed by atoms with Crippen molar-refractivity contribution in [1.29, 1.82) is 4.78 Å². The van der Waals surface area contributed by atoms with Gasteiger partial charge < -0.3 is 19.5 Å². The summed E-state index contributed by atoms with van der Waals surface area (Å²) in [6.45, 7) is 1.18. The standard InChI is InChI=1S/C24H25ClN6O2S/c1-30-15-18(17-5-3-4-6-21(17)30)23-19(25)14-27-24(29-23)28-20-8-7-16(13-22(20)33-2)31-9-11-34(26,32)12-10-31/h3-8,13-15,26H,9-12H2,1-2H3,(H,27,28,29). The molecule has 0 unspecified atom stereocenters. The van der Waals surface area contributed by atoms with Gasteiger partial charge in [0, 0.05) is 75.8 Å². The van der Waals surface area contributed by atoms with Crippen LogP contribution in [0.1, 0.15) is 0 Å². The fourth-order valence-electron chi connectivity index (χ4n) is 4.23. The van der Waals surface area contributed by atoms with Crippen molar-refractivity contribution in [2.75, 3.05) is 41.9 Å². The lowest BCUT2D eigenvalue weighted by Crippen LogP contribution is -2.39. The molecule has 1 saturated heterocycles. The average Bonchev–Trinajstić information content (AvgIpc) is 3.17. The van der Waals surface area contributed by atoms with Crippen LogP contribution in [0.25, 0.3) is 22.2 Å². The Labute approximate surface area is 203 Å². The van der Waals surface area contributed by atoms with Crippen molar-refractivity contribution in [1.82, 2.24) is 14.5 Å². The molecule has 5 rings (SSSR count). The van der Waals surface area contributed by atoms with Crippen LogP contribution in [0.5, 0.6) is 5.75 Å². The van der Waals surface area contributed by atoms with Crippen LogP contribution in [0.4, 0.5) is 17.3 Å². The van der Waals surface area contributed by atoms with Crippen molar-refractivity contribution in [2.24, 2.45) is 7.05 Å². The van der Waals surface area contributed by atoms with Crippen LogP contribution in [0.3, 0.4) is 0 Å². The van der Waals surface area contributed by atoms with Gasteiger partial charge in [0.15, 0.2) is 0 Å². The Bertz CT molecular complexity index is 1470. The summed E-state index contributed by atoms with van der Waals surface area (Å²) in [5, 5.41) is 4.79. The number of halogens is 1. The van der Waals surface area contributed by atoms with Crippen molar-refractivity contribution in [3.05, 3.63) is 59.9 Å². The molecule has 2 aromatic heterocycles. The molecule has 2 aromatic carbocycles. The van der Waals surface area contributed by atoms with Gasteiger partial charge in [0.1, 0.15) is 5.75 Å². The number of fused-ring (bicyclic) bond motifs is 1. The Morgan fingerprint density at radius 3 is 2.71 bits per heavy atom. The number of nitrogens with zero attached hydrogens (tertiary/aromatic N) is 4. The van der Waals surface area contributed by atoms with Gasteiger partial charge in [-0.15, -0.1) is 0 Å². The smallest absolute Gasteiger partial charge is 0.227 e. The number of para-hydroxylation sites is 1. The van der Waals surface area contributed by atoms with Gasteiger partial charge in [-0.1, -0.05) is 29.8 Å². The maximum atomic E-state index is 12.0. The molecule has 0 radical (unpaired) electrons. The van der Waals surface area contributed by atoms with Crippen LogP contribution in [-0.2, 0) is 16.8 Å². The van der Waals surface area contributed by atoms with Crippen LogP contribution in [0.15, 0.2) is 54.9 Å². The highest BCUT2D eigenvalue weighted by molar-refractivity contribution is 7.92. The number of aromatic nitrogens is 3. The van der Waals surface area contributed by atoms with Crippen molar-refractivity contribution < 1.29 is 8.95 Å². The van der Waals surface area contributed by atoms with Crippen LogP contribution in [0.2, 0.25) is 5.02 Å². The third-order valence-electron chi connectivity index (χ3n) is 6.07. The molecule has 10 heteroatoms. The van der Waals surface area contributed by atoms with E-state index in [1.165, 1.54) is 0 Å². The van der Waals surface area contributed by atoms with Crippen molar-refractivity contribution >= 4 is 49.6 Å². The van der Waals surface area contributed by atoms with Gasteiger partial charge in [0.2, 0.25) is 5.95 Å². The van der Waals surface area contributed by atoms with E-state index in [4.69, 9.17) is 26.1 Å². The second kappa shape index (κ2) is 8.81. The first-order valence-corrected chi connectivity index (χ1v) is 13.1. The van der Waals surface area contributed by atoms with Gasteiger partial charge in [-0.05, 0) is 18.2 Å². The summed E-state index contributed by atoms with van der Waals surface area (Å²) in [7, 11) is 1.16. The van der Waals surface area contributed by atoms with E-state index in [1.807, 2.05) is 43.6 Å². The number of hydrogen-bond acceptors (Lipinski definition) is 7. The molecule has 0 saturated carbocycles. The quantitative estimate of drug-likeness (QED) is 0.407. The normalized spacial score (nSPS) is 15.4. The summed E-state index contributed by atoms with van der Waals surface area (Å²) < 4.78 is 27.4. The summed E-state index contributed by atoms with van der Waals surface area (Å²) in [4.78, 5) is 11.2. The fourth-order valence-corrected chi connectivity index (χ4v) is 5.66. The topological polar surface area (TPSA) is 96.1 Å². The maximum absolute atomic E-state index is 12.0. The van der Waals surface area contributed by atoms with E-state index in [0.29, 0.717) is 47.0 Å². The molecule has 1 fully saturated rings. The number of benzene rings is 2. The van der Waals surface area contributed by atoms with Gasteiger partial charge in [-0.25, -0.2) is 14.2 Å². The first-order chi connectivity index (χ1) is 16.3. The molecule has 0 amide bonds. The van der Waals surface area contributed by atoms with Crippen molar-refractivity contribution in [2.45, 2.75) is 0 Å². The molecule has 8 nitrogen and oxygen atoms in total. The minimum atomic E-state index is -2.45. The molecule has 0 aliphatic carbocycles. The lowest BCUT2D eigenvalue weighted by Gasteiger charge is -2.30. The molecule has 34 heavy (non-hydrogen) atoms. The number of nitrogens with one attached hydrogen (secondary N) is 2. The molecule has 1 aliphatic rings. The van der Waals surface area contributed by atoms with E-state index in [1.54, 1.807) is 13.3 Å². The summed E-state index contributed by atoms with van der Waals surface area (Å²) in [6, 6.07) is 13.9. The monoisotopic (exact) mass is 496 g/mol. The van der Waals surface area contributed by atoms with E-state index < -0.39 is 9.73 Å². The second-order valence-electron chi connectivity index (χ2n) is 8.28. The Balaban J connectivity index is 1.45. The zero-order valence-electron chi connectivity index (χ0n) is 18.9. The lowest BCUT2D eigenvalue weighted by molar-refractivity contribution is 0.416. The van der Waals surface area contributed by atoms with Crippen molar-refractivity contribution in [3.8, 4) is 17.0 Å². The lowest BCUT2D eigenvalue weighted by atomic mass is 10.1. The molecule has 3 heterocycles. The van der Waals surface area contributed by atoms with E-state index in [2.05, 4.69) is 31.9 Å². The van der Waals surface area contributed by atoms with Gasteiger partial charge >= 0.3 is 0 Å². The Morgan fingerprint density at radius 1 is 1.18 bits per heavy atom. The number of anilines is 3. The van der Waals surface area contributed by atoms with Gasteiger partial charge in [-0.2, -0.15) is 0 Å². The molecule has 0 atom stereocenters. The molecule has 176 valence electrons. The molecule has 0 spiro atoms. The van der Waals surface area contributed by atoms with Crippen LogP contribution in [0, 0.1) is 4.78 Å². The highest BCUT2D eigenvalue weighted by Crippen LogP contribution is 2.35. The maximum Gasteiger partial charge on any atom is 0.227 e. The zero-order valence-corrected chi connectivity index (χ0v) is 20.5. The van der Waals surface area contributed by atoms with Crippen LogP contribution in [-0.4, -0.2) is 50.4 Å². The highest BCUT2D eigenvalue weighted by atomic mass is 35.5. The summed E-state index contributed by atoms with van der Waals surface area (Å²) in [5.74, 6) is 1.81. The van der Waals surface area contributed by atoms with Crippen molar-refractivity contribution in [3.63, 3.8) is 0 Å². The Hall–Kier alpha value is -3.30. The molecule has 2 N–H and O–H groups in total. The number of methoxy groups -OCH3 is 1. The van der Waals surface area contributed by atoms with E-state index in [-0.39, 0.29) is 0 Å². The molecule has 4 aromatic rings. The molecular formula is C24H25ClN6O2S. The third-order valence-corrected chi connectivity index (χ3v) is 8.04. The summed E-state index contributed by atoms with van der Waals surface area (Å²) in [6.07, 6.45) is 3.62. The summed E-state index contributed by atoms with van der Waals surface area (Å²) >= 11 is 6.50. The van der Waals surface area contributed by atoms with E-state index in [0.717, 1.165) is 27.8 Å². The van der Waals surface area contributed by atoms with E-state index >= 15 is 0 Å². The van der Waals surface area contributed by atoms with E-state index in [9.17, 15) is 4.21 Å². The number of ether oxygens (including phenoxy) is 1. The Morgan fingerprint density at radius 2 is 1.94 bits per heavy atom. The molecular weight excluding hydrogens is 472 g/mol. The first-order valence-electron chi connectivity index (χ1n) is 10.9.